The molecule has 1 heterocycles. The van der Waals surface area contributed by atoms with E-state index in [4.69, 9.17) is 4.74 Å². The summed E-state index contributed by atoms with van der Waals surface area (Å²) in [4.78, 5) is 2.34. The molecule has 0 amide bonds. The molecule has 1 aliphatic heterocycles. The molecule has 0 bridgehead atoms. The zero-order valence-corrected chi connectivity index (χ0v) is 13.5. The quantitative estimate of drug-likeness (QED) is 0.913. The number of benzene rings is 2. The molecule has 2 aromatic carbocycles. The lowest BCUT2D eigenvalue weighted by Crippen LogP contribution is -2.41. The van der Waals surface area contributed by atoms with Gasteiger partial charge in [0.05, 0.1) is 0 Å². The van der Waals surface area contributed by atoms with Crippen LogP contribution in [0.4, 0.5) is 10.1 Å². The number of nitrogens with zero attached hydrogens (tertiary/aromatic N) is 1. The normalized spacial score (nSPS) is 15.4. The largest absolute Gasteiger partial charge is 0.489 e. The molecule has 1 fully saturated rings. The number of ether oxygens (including phenoxy) is 1. The fourth-order valence-corrected chi connectivity index (χ4v) is 2.98. The van der Waals surface area contributed by atoms with Gasteiger partial charge in [0.2, 0.25) is 0 Å². The van der Waals surface area contributed by atoms with Gasteiger partial charge in [-0.1, -0.05) is 12.1 Å². The van der Waals surface area contributed by atoms with Gasteiger partial charge in [-0.15, -0.1) is 0 Å². The number of halogens is 1. The van der Waals surface area contributed by atoms with Gasteiger partial charge in [0, 0.05) is 18.8 Å². The summed E-state index contributed by atoms with van der Waals surface area (Å²) in [6, 6.07) is 15.2. The van der Waals surface area contributed by atoms with Crippen molar-refractivity contribution in [2.45, 2.75) is 25.5 Å². The summed E-state index contributed by atoms with van der Waals surface area (Å²) in [5.74, 6) is 0.571. The molecule has 1 N–H and O–H groups in total. The Bertz CT molecular complexity index is 624. The zero-order chi connectivity index (χ0) is 16.1. The lowest BCUT2D eigenvalue weighted by molar-refractivity contribution is 0.305. The molecule has 2 aromatic rings. The van der Waals surface area contributed by atoms with E-state index in [0.29, 0.717) is 12.6 Å². The predicted molar refractivity (Wildman–Crippen MR) is 91.5 cm³/mol. The summed E-state index contributed by atoms with van der Waals surface area (Å²) >= 11 is 0. The molecule has 0 atom stereocenters. The number of hydrogen-bond acceptors (Lipinski definition) is 3. The van der Waals surface area contributed by atoms with Crippen molar-refractivity contribution in [1.82, 2.24) is 5.32 Å². The van der Waals surface area contributed by atoms with Crippen molar-refractivity contribution in [1.29, 1.82) is 0 Å². The summed E-state index contributed by atoms with van der Waals surface area (Å²) in [7, 11) is 2.15. The Morgan fingerprint density at radius 2 is 1.87 bits per heavy atom. The first-order valence-corrected chi connectivity index (χ1v) is 8.13. The first kappa shape index (κ1) is 15.8. The van der Waals surface area contributed by atoms with Crippen LogP contribution in [-0.4, -0.2) is 26.2 Å². The van der Waals surface area contributed by atoms with E-state index in [1.807, 2.05) is 18.2 Å². The van der Waals surface area contributed by atoms with Gasteiger partial charge < -0.3 is 15.0 Å². The monoisotopic (exact) mass is 314 g/mol. The van der Waals surface area contributed by atoms with Crippen molar-refractivity contribution in [3.8, 4) is 5.75 Å². The van der Waals surface area contributed by atoms with Crippen molar-refractivity contribution < 1.29 is 9.13 Å². The molecule has 122 valence electrons. The molecule has 23 heavy (non-hydrogen) atoms. The van der Waals surface area contributed by atoms with Crippen molar-refractivity contribution in [2.24, 2.45) is 0 Å². The molecule has 0 unspecified atom stereocenters. The number of nitrogens with one attached hydrogen (secondary N) is 1. The van der Waals surface area contributed by atoms with Crippen LogP contribution in [0.25, 0.3) is 0 Å². The summed E-state index contributed by atoms with van der Waals surface area (Å²) in [5, 5.41) is 3.39. The smallest absolute Gasteiger partial charge is 0.123 e. The van der Waals surface area contributed by atoms with Crippen molar-refractivity contribution in [2.75, 3.05) is 25.0 Å². The highest BCUT2D eigenvalue weighted by molar-refractivity contribution is 5.49. The van der Waals surface area contributed by atoms with Gasteiger partial charge in [0.1, 0.15) is 18.2 Å². The van der Waals surface area contributed by atoms with Crippen LogP contribution in [0, 0.1) is 5.82 Å². The highest BCUT2D eigenvalue weighted by Gasteiger charge is 2.17. The highest BCUT2D eigenvalue weighted by Crippen LogP contribution is 2.23. The summed E-state index contributed by atoms with van der Waals surface area (Å²) in [6.07, 6.45) is 2.35. The Kier molecular flexibility index (Phi) is 5.13. The number of piperidine rings is 1. The summed E-state index contributed by atoms with van der Waals surface area (Å²) < 4.78 is 18.9. The number of hydrogen-bond donors (Lipinski definition) is 1. The van der Waals surface area contributed by atoms with Crippen LogP contribution in [0.3, 0.4) is 0 Å². The van der Waals surface area contributed by atoms with Crippen LogP contribution in [0.15, 0.2) is 48.5 Å². The molecular weight excluding hydrogens is 291 g/mol. The van der Waals surface area contributed by atoms with E-state index in [1.165, 1.54) is 30.7 Å². The maximum Gasteiger partial charge on any atom is 0.123 e. The molecule has 1 saturated heterocycles. The Morgan fingerprint density at radius 3 is 2.57 bits per heavy atom. The van der Waals surface area contributed by atoms with E-state index in [2.05, 4.69) is 29.4 Å². The van der Waals surface area contributed by atoms with Crippen LogP contribution in [-0.2, 0) is 6.61 Å². The lowest BCUT2D eigenvalue weighted by Gasteiger charge is -2.33. The van der Waals surface area contributed by atoms with E-state index < -0.39 is 0 Å². The Balaban J connectivity index is 1.58. The van der Waals surface area contributed by atoms with Crippen molar-refractivity contribution >= 4 is 5.69 Å². The van der Waals surface area contributed by atoms with Crippen molar-refractivity contribution in [3.05, 3.63) is 59.9 Å². The standard InChI is InChI=1S/C19H23FN2O/c1-22(18-9-11-21-12-10-18)17-5-7-19(8-6-17)23-14-15-3-2-4-16(20)13-15/h2-8,13,18,21H,9-12,14H2,1H3. The third-order valence-electron chi connectivity index (χ3n) is 4.39. The molecule has 4 heteroatoms. The van der Waals surface area contributed by atoms with Gasteiger partial charge in [-0.25, -0.2) is 4.39 Å². The van der Waals surface area contributed by atoms with Gasteiger partial charge >= 0.3 is 0 Å². The second-order valence-corrected chi connectivity index (χ2v) is 6.00. The third-order valence-corrected chi connectivity index (χ3v) is 4.39. The molecule has 3 rings (SSSR count). The predicted octanol–water partition coefficient (Wildman–Crippen LogP) is 3.59. The Labute approximate surface area is 137 Å². The zero-order valence-electron chi connectivity index (χ0n) is 13.5. The van der Waals surface area contributed by atoms with Gasteiger partial charge in [-0.05, 0) is 67.9 Å². The van der Waals surface area contributed by atoms with E-state index in [0.717, 1.165) is 24.4 Å². The maximum absolute atomic E-state index is 13.1. The Morgan fingerprint density at radius 1 is 1.13 bits per heavy atom. The fraction of sp³-hybridized carbons (Fsp3) is 0.368. The van der Waals surface area contributed by atoms with Crippen LogP contribution >= 0.6 is 0 Å². The number of rotatable bonds is 5. The van der Waals surface area contributed by atoms with Gasteiger partial charge in [0.25, 0.3) is 0 Å². The summed E-state index contributed by atoms with van der Waals surface area (Å²) in [6.45, 7) is 2.55. The van der Waals surface area contributed by atoms with E-state index >= 15 is 0 Å². The minimum absolute atomic E-state index is 0.231. The molecule has 0 spiro atoms. The van der Waals surface area contributed by atoms with Gasteiger partial charge in [-0.3, -0.25) is 0 Å². The maximum atomic E-state index is 13.1. The van der Waals surface area contributed by atoms with Crippen LogP contribution in [0.1, 0.15) is 18.4 Å². The van der Waals surface area contributed by atoms with Crippen LogP contribution in [0.5, 0.6) is 5.75 Å². The third kappa shape index (κ3) is 4.23. The molecule has 0 saturated carbocycles. The minimum atomic E-state index is -0.231. The van der Waals surface area contributed by atoms with Gasteiger partial charge in [0.15, 0.2) is 0 Å². The summed E-state index contributed by atoms with van der Waals surface area (Å²) in [5.41, 5.74) is 2.04. The van der Waals surface area contributed by atoms with E-state index in [9.17, 15) is 4.39 Å². The average Bonchev–Trinajstić information content (AvgIpc) is 2.61. The van der Waals surface area contributed by atoms with Crippen LogP contribution < -0.4 is 15.0 Å². The highest BCUT2D eigenvalue weighted by atomic mass is 19.1. The lowest BCUT2D eigenvalue weighted by atomic mass is 10.0. The second-order valence-electron chi connectivity index (χ2n) is 6.00. The minimum Gasteiger partial charge on any atom is -0.489 e. The second kappa shape index (κ2) is 7.47. The van der Waals surface area contributed by atoms with E-state index in [1.54, 1.807) is 6.07 Å². The molecule has 1 aliphatic rings. The van der Waals surface area contributed by atoms with Crippen LogP contribution in [0.2, 0.25) is 0 Å². The fourth-order valence-electron chi connectivity index (χ4n) is 2.98. The average molecular weight is 314 g/mol. The molecular formula is C19H23FN2O. The molecule has 0 radical (unpaired) electrons. The molecule has 0 aromatic heterocycles. The Hall–Kier alpha value is -2.07. The van der Waals surface area contributed by atoms with Gasteiger partial charge in [-0.2, -0.15) is 0 Å². The molecule has 0 aliphatic carbocycles. The SMILES string of the molecule is CN(c1ccc(OCc2cccc(F)c2)cc1)C1CCNCC1. The first-order valence-electron chi connectivity index (χ1n) is 8.13. The topological polar surface area (TPSA) is 24.5 Å². The number of anilines is 1. The molecule has 3 nitrogen and oxygen atoms in total. The first-order chi connectivity index (χ1) is 11.2. The van der Waals surface area contributed by atoms with E-state index in [-0.39, 0.29) is 5.82 Å². The van der Waals surface area contributed by atoms with Crippen molar-refractivity contribution in [3.63, 3.8) is 0 Å².